The third-order valence-corrected chi connectivity index (χ3v) is 6.06. The van der Waals surface area contributed by atoms with E-state index in [1.165, 1.54) is 12.8 Å². The van der Waals surface area contributed by atoms with E-state index < -0.39 is 0 Å². The first-order chi connectivity index (χ1) is 13.0. The van der Waals surface area contributed by atoms with Crippen LogP contribution in [0.5, 0.6) is 11.5 Å². The zero-order valence-corrected chi connectivity index (χ0v) is 16.6. The number of carbonyl (C=O) groups excluding carboxylic acids is 1. The van der Waals surface area contributed by atoms with Crippen LogP contribution >= 0.6 is 0 Å². The van der Waals surface area contributed by atoms with Gasteiger partial charge in [0.1, 0.15) is 11.5 Å². The van der Waals surface area contributed by atoms with Crippen molar-refractivity contribution in [2.75, 3.05) is 47.5 Å². The van der Waals surface area contributed by atoms with Crippen molar-refractivity contribution in [3.8, 4) is 11.5 Å². The number of morpholine rings is 1. The van der Waals surface area contributed by atoms with Gasteiger partial charge in [0.15, 0.2) is 0 Å². The minimum Gasteiger partial charge on any atom is -0.497 e. The van der Waals surface area contributed by atoms with E-state index in [1.54, 1.807) is 7.11 Å². The Hall–Kier alpha value is -1.79. The molecule has 2 fully saturated rings. The molecule has 4 rings (SSSR count). The van der Waals surface area contributed by atoms with E-state index in [-0.39, 0.29) is 17.6 Å². The molecule has 2 aliphatic heterocycles. The highest BCUT2D eigenvalue weighted by molar-refractivity contribution is 5.98. The first kappa shape index (κ1) is 18.6. The zero-order valence-electron chi connectivity index (χ0n) is 16.6. The summed E-state index contributed by atoms with van der Waals surface area (Å²) in [6, 6.07) is 3.85. The molecule has 0 aromatic heterocycles. The molecule has 0 bridgehead atoms. The van der Waals surface area contributed by atoms with Gasteiger partial charge in [0.25, 0.3) is 5.91 Å². The van der Waals surface area contributed by atoms with Crippen molar-refractivity contribution in [2.45, 2.75) is 43.7 Å². The summed E-state index contributed by atoms with van der Waals surface area (Å²) in [7, 11) is 5.72. The molecule has 1 unspecified atom stereocenters. The number of methoxy groups -OCH3 is 1. The van der Waals surface area contributed by atoms with E-state index >= 15 is 0 Å². The summed E-state index contributed by atoms with van der Waals surface area (Å²) in [5.74, 6) is 1.49. The minimum atomic E-state index is -0.165. The molecule has 2 heterocycles. The molecule has 1 aliphatic carbocycles. The number of hydrogen-bond donors (Lipinski definition) is 0. The summed E-state index contributed by atoms with van der Waals surface area (Å²) >= 11 is 0. The van der Waals surface area contributed by atoms with Gasteiger partial charge in [-0.3, -0.25) is 4.79 Å². The van der Waals surface area contributed by atoms with Gasteiger partial charge in [-0.25, -0.2) is 0 Å². The van der Waals surface area contributed by atoms with Gasteiger partial charge in [0.05, 0.1) is 44.1 Å². The van der Waals surface area contributed by atoms with Gasteiger partial charge in [-0.1, -0.05) is 12.8 Å². The lowest BCUT2D eigenvalue weighted by Gasteiger charge is -2.46. The average molecular weight is 374 g/mol. The van der Waals surface area contributed by atoms with Crippen LogP contribution in [0.1, 0.15) is 41.6 Å². The zero-order chi connectivity index (χ0) is 19.0. The third kappa shape index (κ3) is 3.52. The number of carbonyl (C=O) groups is 1. The largest absolute Gasteiger partial charge is 0.497 e. The topological polar surface area (TPSA) is 51.2 Å². The Labute approximate surface area is 161 Å². The van der Waals surface area contributed by atoms with Crippen LogP contribution in [0.3, 0.4) is 0 Å². The van der Waals surface area contributed by atoms with Crippen molar-refractivity contribution in [3.63, 3.8) is 0 Å². The van der Waals surface area contributed by atoms with Crippen molar-refractivity contribution in [1.29, 1.82) is 0 Å². The fourth-order valence-corrected chi connectivity index (χ4v) is 4.69. The van der Waals surface area contributed by atoms with Gasteiger partial charge >= 0.3 is 0 Å². The van der Waals surface area contributed by atoms with Crippen molar-refractivity contribution in [3.05, 3.63) is 23.3 Å². The first-order valence-electron chi connectivity index (χ1n) is 9.95. The predicted octanol–water partition coefficient (Wildman–Crippen LogP) is 2.35. The van der Waals surface area contributed by atoms with E-state index in [1.807, 2.05) is 31.1 Å². The smallest absolute Gasteiger partial charge is 0.258 e. The SMILES string of the molecule is COc1cc2c(c(C(=O)N3CC4(CCCC4)OCC3CN(C)C)c1)OCC2. The van der Waals surface area contributed by atoms with E-state index in [4.69, 9.17) is 14.2 Å². The van der Waals surface area contributed by atoms with Crippen LogP contribution in [-0.2, 0) is 11.2 Å². The van der Waals surface area contributed by atoms with E-state index in [0.29, 0.717) is 25.3 Å². The molecule has 6 nitrogen and oxygen atoms in total. The van der Waals surface area contributed by atoms with Crippen LogP contribution in [0.25, 0.3) is 0 Å². The molecule has 6 heteroatoms. The van der Waals surface area contributed by atoms with Gasteiger partial charge < -0.3 is 24.0 Å². The second-order valence-corrected chi connectivity index (χ2v) is 8.31. The number of rotatable bonds is 4. The molecule has 1 aromatic rings. The lowest BCUT2D eigenvalue weighted by Crippen LogP contribution is -2.59. The Kier molecular flexibility index (Phi) is 5.03. The van der Waals surface area contributed by atoms with Gasteiger partial charge in [-0.15, -0.1) is 0 Å². The number of nitrogens with zero attached hydrogens (tertiary/aromatic N) is 2. The summed E-state index contributed by atoms with van der Waals surface area (Å²) in [5, 5.41) is 0. The van der Waals surface area contributed by atoms with Gasteiger partial charge in [0.2, 0.25) is 0 Å². The molecule has 1 atom stereocenters. The summed E-state index contributed by atoms with van der Waals surface area (Å²) in [4.78, 5) is 17.8. The molecule has 1 aromatic carbocycles. The Morgan fingerprint density at radius 3 is 2.81 bits per heavy atom. The fraction of sp³-hybridized carbons (Fsp3) is 0.667. The predicted molar refractivity (Wildman–Crippen MR) is 103 cm³/mol. The second-order valence-electron chi connectivity index (χ2n) is 8.31. The molecule has 1 amide bonds. The first-order valence-corrected chi connectivity index (χ1v) is 9.95. The maximum Gasteiger partial charge on any atom is 0.258 e. The summed E-state index contributed by atoms with van der Waals surface area (Å²) in [5.41, 5.74) is 1.52. The molecule has 27 heavy (non-hydrogen) atoms. The number of benzene rings is 1. The van der Waals surface area contributed by atoms with E-state index in [9.17, 15) is 4.79 Å². The number of ether oxygens (including phenoxy) is 3. The van der Waals surface area contributed by atoms with Crippen molar-refractivity contribution in [1.82, 2.24) is 9.80 Å². The maximum atomic E-state index is 13.7. The maximum absolute atomic E-state index is 13.7. The second kappa shape index (κ2) is 7.32. The Morgan fingerprint density at radius 1 is 1.33 bits per heavy atom. The number of likely N-dealkylation sites (N-methyl/N-ethyl adjacent to an activating group) is 1. The highest BCUT2D eigenvalue weighted by atomic mass is 16.5. The number of fused-ring (bicyclic) bond motifs is 1. The highest BCUT2D eigenvalue weighted by Crippen LogP contribution is 2.40. The van der Waals surface area contributed by atoms with Crippen LogP contribution in [0.4, 0.5) is 0 Å². The van der Waals surface area contributed by atoms with Crippen molar-refractivity contribution >= 4 is 5.91 Å². The molecule has 1 saturated heterocycles. The fourth-order valence-electron chi connectivity index (χ4n) is 4.69. The third-order valence-electron chi connectivity index (χ3n) is 6.06. The molecule has 1 spiro atoms. The van der Waals surface area contributed by atoms with E-state index in [0.717, 1.165) is 42.9 Å². The Balaban J connectivity index is 1.67. The molecule has 148 valence electrons. The van der Waals surface area contributed by atoms with Crippen LogP contribution in [-0.4, -0.2) is 74.9 Å². The van der Waals surface area contributed by atoms with E-state index in [2.05, 4.69) is 4.90 Å². The van der Waals surface area contributed by atoms with Gasteiger partial charge in [0, 0.05) is 18.5 Å². The highest BCUT2D eigenvalue weighted by Gasteiger charge is 2.45. The Morgan fingerprint density at radius 2 is 2.11 bits per heavy atom. The Bertz CT molecular complexity index is 712. The lowest BCUT2D eigenvalue weighted by molar-refractivity contribution is -0.121. The quantitative estimate of drug-likeness (QED) is 0.810. The molecule has 1 saturated carbocycles. The standard InChI is InChI=1S/C21H30N2O4/c1-22(2)12-16-13-27-21(7-4-5-8-21)14-23(16)20(24)18-11-17(25-3)10-15-6-9-26-19(15)18/h10-11,16H,4-9,12-14H2,1-3H3. The molecule has 0 radical (unpaired) electrons. The van der Waals surface area contributed by atoms with Crippen molar-refractivity contribution in [2.24, 2.45) is 0 Å². The lowest BCUT2D eigenvalue weighted by atomic mass is 9.96. The summed E-state index contributed by atoms with van der Waals surface area (Å²) in [6.45, 7) is 2.67. The number of hydrogen-bond acceptors (Lipinski definition) is 5. The molecule has 3 aliphatic rings. The molecular formula is C21H30N2O4. The van der Waals surface area contributed by atoms with Crippen LogP contribution < -0.4 is 9.47 Å². The minimum absolute atomic E-state index is 0.0356. The van der Waals surface area contributed by atoms with Crippen LogP contribution in [0.15, 0.2) is 12.1 Å². The number of amides is 1. The van der Waals surface area contributed by atoms with Crippen LogP contribution in [0.2, 0.25) is 0 Å². The molecule has 0 N–H and O–H groups in total. The summed E-state index contributed by atoms with van der Waals surface area (Å²) in [6.07, 6.45) is 5.26. The van der Waals surface area contributed by atoms with Crippen molar-refractivity contribution < 1.29 is 19.0 Å². The van der Waals surface area contributed by atoms with Crippen LogP contribution in [0, 0.1) is 0 Å². The normalized spacial score (nSPS) is 23.6. The monoisotopic (exact) mass is 374 g/mol. The summed E-state index contributed by atoms with van der Waals surface area (Å²) < 4.78 is 17.6. The van der Waals surface area contributed by atoms with Gasteiger partial charge in [-0.2, -0.15) is 0 Å². The average Bonchev–Trinajstić information content (AvgIpc) is 3.31. The molecular weight excluding hydrogens is 344 g/mol. The van der Waals surface area contributed by atoms with Gasteiger partial charge in [-0.05, 0) is 39.1 Å².